The zero-order valence-corrected chi connectivity index (χ0v) is 11.4. The van der Waals surface area contributed by atoms with Gasteiger partial charge in [-0.2, -0.15) is 0 Å². The van der Waals surface area contributed by atoms with Crippen molar-refractivity contribution in [3.8, 4) is 0 Å². The summed E-state index contributed by atoms with van der Waals surface area (Å²) in [5.74, 6) is 0. The molecule has 0 saturated heterocycles. The van der Waals surface area contributed by atoms with Gasteiger partial charge in [-0.05, 0) is 39.3 Å². The number of nitrogens with one attached hydrogen (secondary N) is 1. The molecular weight excluding hydrogens is 194 g/mol. The van der Waals surface area contributed by atoms with E-state index in [1.807, 2.05) is 7.05 Å². The van der Waals surface area contributed by atoms with Crippen LogP contribution in [0, 0.1) is 13.8 Å². The number of rotatable bonds is 5. The molecule has 0 heterocycles. The van der Waals surface area contributed by atoms with E-state index in [0.717, 1.165) is 6.54 Å². The molecule has 0 unspecified atom stereocenters. The third-order valence-corrected chi connectivity index (χ3v) is 3.70. The second-order valence-corrected chi connectivity index (χ2v) is 4.89. The molecule has 0 atom stereocenters. The van der Waals surface area contributed by atoms with Crippen molar-refractivity contribution in [1.82, 2.24) is 5.32 Å². The van der Waals surface area contributed by atoms with Crippen molar-refractivity contribution in [3.05, 3.63) is 34.9 Å². The molecule has 0 radical (unpaired) electrons. The second kappa shape index (κ2) is 5.49. The van der Waals surface area contributed by atoms with Crippen LogP contribution in [0.1, 0.15) is 43.4 Å². The van der Waals surface area contributed by atoms with Gasteiger partial charge in [0.15, 0.2) is 0 Å². The van der Waals surface area contributed by atoms with E-state index in [4.69, 9.17) is 0 Å². The minimum Gasteiger partial charge on any atom is -0.319 e. The Labute approximate surface area is 100 Å². The van der Waals surface area contributed by atoms with E-state index in [0.29, 0.717) is 5.41 Å². The Morgan fingerprint density at radius 1 is 1.00 bits per heavy atom. The third kappa shape index (κ3) is 2.65. The molecule has 0 fully saturated rings. The van der Waals surface area contributed by atoms with Gasteiger partial charge in [0.05, 0.1) is 0 Å². The van der Waals surface area contributed by atoms with Gasteiger partial charge in [0.25, 0.3) is 0 Å². The number of likely N-dealkylation sites (N-methyl/N-ethyl adjacent to an activating group) is 1. The summed E-state index contributed by atoms with van der Waals surface area (Å²) in [6, 6.07) is 6.94. The van der Waals surface area contributed by atoms with Crippen LogP contribution < -0.4 is 5.32 Å². The van der Waals surface area contributed by atoms with E-state index in [2.05, 4.69) is 51.2 Å². The second-order valence-electron chi connectivity index (χ2n) is 4.89. The van der Waals surface area contributed by atoms with Crippen LogP contribution in [-0.4, -0.2) is 13.6 Å². The van der Waals surface area contributed by atoms with Crippen LogP contribution in [0.2, 0.25) is 0 Å². The quantitative estimate of drug-likeness (QED) is 0.798. The van der Waals surface area contributed by atoms with E-state index in [1.165, 1.54) is 29.5 Å². The first-order valence-corrected chi connectivity index (χ1v) is 6.31. The summed E-state index contributed by atoms with van der Waals surface area (Å²) in [5.41, 5.74) is 4.53. The highest BCUT2D eigenvalue weighted by Gasteiger charge is 2.27. The summed E-state index contributed by atoms with van der Waals surface area (Å²) in [7, 11) is 2.04. The first kappa shape index (κ1) is 13.2. The van der Waals surface area contributed by atoms with Gasteiger partial charge >= 0.3 is 0 Å². The van der Waals surface area contributed by atoms with Crippen LogP contribution >= 0.6 is 0 Å². The fraction of sp³-hybridized carbons (Fsp3) is 0.600. The summed E-state index contributed by atoms with van der Waals surface area (Å²) < 4.78 is 0. The molecule has 1 N–H and O–H groups in total. The smallest absolute Gasteiger partial charge is 0.00726 e. The van der Waals surface area contributed by atoms with Gasteiger partial charge in [-0.15, -0.1) is 0 Å². The van der Waals surface area contributed by atoms with Crippen molar-refractivity contribution in [3.63, 3.8) is 0 Å². The highest BCUT2D eigenvalue weighted by Crippen LogP contribution is 2.32. The van der Waals surface area contributed by atoms with Crippen LogP contribution in [0.4, 0.5) is 0 Å². The molecule has 16 heavy (non-hydrogen) atoms. The predicted molar refractivity (Wildman–Crippen MR) is 72.1 cm³/mol. The third-order valence-electron chi connectivity index (χ3n) is 3.70. The molecule has 0 spiro atoms. The van der Waals surface area contributed by atoms with E-state index in [1.54, 1.807) is 0 Å². The lowest BCUT2D eigenvalue weighted by atomic mass is 9.75. The van der Waals surface area contributed by atoms with Gasteiger partial charge in [0.1, 0.15) is 0 Å². The average Bonchev–Trinajstić information content (AvgIpc) is 2.24. The molecule has 0 saturated carbocycles. The molecule has 1 nitrogen and oxygen atoms in total. The Morgan fingerprint density at radius 3 is 1.88 bits per heavy atom. The highest BCUT2D eigenvalue weighted by molar-refractivity contribution is 5.34. The molecule has 1 aromatic carbocycles. The molecule has 0 aliphatic heterocycles. The predicted octanol–water partition coefficient (Wildman–Crippen LogP) is 3.58. The largest absolute Gasteiger partial charge is 0.319 e. The van der Waals surface area contributed by atoms with Gasteiger partial charge in [-0.1, -0.05) is 43.2 Å². The Morgan fingerprint density at radius 2 is 1.50 bits per heavy atom. The minimum absolute atomic E-state index is 0.297. The van der Waals surface area contributed by atoms with Crippen LogP contribution in [0.3, 0.4) is 0 Å². The first-order chi connectivity index (χ1) is 7.57. The zero-order valence-electron chi connectivity index (χ0n) is 11.4. The van der Waals surface area contributed by atoms with Crippen molar-refractivity contribution in [1.29, 1.82) is 0 Å². The summed E-state index contributed by atoms with van der Waals surface area (Å²) in [5, 5.41) is 3.35. The molecule has 1 aromatic rings. The molecule has 90 valence electrons. The highest BCUT2D eigenvalue weighted by atomic mass is 14.8. The van der Waals surface area contributed by atoms with Gasteiger partial charge < -0.3 is 5.32 Å². The van der Waals surface area contributed by atoms with Gasteiger partial charge in [0.2, 0.25) is 0 Å². The van der Waals surface area contributed by atoms with Crippen LogP contribution in [0.15, 0.2) is 18.2 Å². The molecule has 1 heteroatoms. The zero-order chi connectivity index (χ0) is 12.2. The number of aryl methyl sites for hydroxylation is 2. The van der Waals surface area contributed by atoms with E-state index >= 15 is 0 Å². The Bertz CT molecular complexity index is 317. The lowest BCUT2D eigenvalue weighted by Crippen LogP contribution is -2.35. The standard InChI is InChI=1S/C15H25N/c1-6-15(7-2,11-16-5)14-9-12(3)8-13(4)10-14/h8-10,16H,6-7,11H2,1-5H3. The normalized spacial score (nSPS) is 11.8. The maximum Gasteiger partial charge on any atom is 0.00726 e. The topological polar surface area (TPSA) is 12.0 Å². The van der Waals surface area contributed by atoms with Crippen molar-refractivity contribution < 1.29 is 0 Å². The van der Waals surface area contributed by atoms with Crippen LogP contribution in [0.5, 0.6) is 0 Å². The maximum absolute atomic E-state index is 3.35. The van der Waals surface area contributed by atoms with Gasteiger partial charge in [0, 0.05) is 12.0 Å². The Hall–Kier alpha value is -0.820. The molecule has 0 aliphatic rings. The molecule has 0 bridgehead atoms. The molecule has 1 rings (SSSR count). The monoisotopic (exact) mass is 219 g/mol. The fourth-order valence-electron chi connectivity index (χ4n) is 2.63. The van der Waals surface area contributed by atoms with Crippen molar-refractivity contribution in [2.24, 2.45) is 0 Å². The van der Waals surface area contributed by atoms with Crippen LogP contribution in [-0.2, 0) is 5.41 Å². The SMILES string of the molecule is CCC(CC)(CNC)c1cc(C)cc(C)c1. The van der Waals surface area contributed by atoms with E-state index < -0.39 is 0 Å². The lowest BCUT2D eigenvalue weighted by Gasteiger charge is -2.33. The van der Waals surface area contributed by atoms with E-state index in [9.17, 15) is 0 Å². The molecule has 0 aliphatic carbocycles. The average molecular weight is 219 g/mol. The summed E-state index contributed by atoms with van der Waals surface area (Å²) >= 11 is 0. The van der Waals surface area contributed by atoms with Crippen LogP contribution in [0.25, 0.3) is 0 Å². The van der Waals surface area contributed by atoms with Gasteiger partial charge in [-0.3, -0.25) is 0 Å². The van der Waals surface area contributed by atoms with Crippen molar-refractivity contribution in [2.75, 3.05) is 13.6 Å². The first-order valence-electron chi connectivity index (χ1n) is 6.31. The Kier molecular flexibility index (Phi) is 4.55. The lowest BCUT2D eigenvalue weighted by molar-refractivity contribution is 0.380. The summed E-state index contributed by atoms with van der Waals surface area (Å²) in [6.07, 6.45) is 2.38. The number of benzene rings is 1. The Balaban J connectivity index is 3.19. The summed E-state index contributed by atoms with van der Waals surface area (Å²) in [6.45, 7) is 10.0. The maximum atomic E-state index is 3.35. The summed E-state index contributed by atoms with van der Waals surface area (Å²) in [4.78, 5) is 0. The molecule has 0 aromatic heterocycles. The fourth-order valence-corrected chi connectivity index (χ4v) is 2.63. The number of hydrogen-bond donors (Lipinski definition) is 1. The van der Waals surface area contributed by atoms with E-state index in [-0.39, 0.29) is 0 Å². The van der Waals surface area contributed by atoms with Crippen molar-refractivity contribution in [2.45, 2.75) is 46.0 Å². The molecular formula is C15H25N. The molecule has 0 amide bonds. The van der Waals surface area contributed by atoms with Gasteiger partial charge in [-0.25, -0.2) is 0 Å². The van der Waals surface area contributed by atoms with Crippen molar-refractivity contribution >= 4 is 0 Å². The number of hydrogen-bond acceptors (Lipinski definition) is 1. The minimum atomic E-state index is 0.297.